The maximum atomic E-state index is 8.96. The quantitative estimate of drug-likeness (QED) is 0.506. The van der Waals surface area contributed by atoms with Crippen LogP contribution >= 0.6 is 28.1 Å². The summed E-state index contributed by atoms with van der Waals surface area (Å²) in [6.07, 6.45) is 1.60. The van der Waals surface area contributed by atoms with Crippen LogP contribution in [0.3, 0.4) is 0 Å². The SMILES string of the molecule is CCOc1cc(Br)c(C=C(C#N)C(N)=S)cc1OC. The lowest BCUT2D eigenvalue weighted by Gasteiger charge is -2.11. The van der Waals surface area contributed by atoms with Gasteiger partial charge in [0.05, 0.1) is 19.3 Å². The van der Waals surface area contributed by atoms with E-state index < -0.39 is 0 Å². The van der Waals surface area contributed by atoms with Crippen LogP contribution in [0.15, 0.2) is 22.2 Å². The van der Waals surface area contributed by atoms with Gasteiger partial charge in [-0.3, -0.25) is 0 Å². The molecule has 0 amide bonds. The highest BCUT2D eigenvalue weighted by Gasteiger charge is 2.10. The summed E-state index contributed by atoms with van der Waals surface area (Å²) in [7, 11) is 1.55. The Morgan fingerprint density at radius 3 is 2.68 bits per heavy atom. The molecule has 0 saturated carbocycles. The molecule has 100 valence electrons. The van der Waals surface area contributed by atoms with Gasteiger partial charge in [0.1, 0.15) is 11.1 Å². The molecule has 19 heavy (non-hydrogen) atoms. The summed E-state index contributed by atoms with van der Waals surface area (Å²) in [4.78, 5) is 0.0576. The lowest BCUT2D eigenvalue weighted by atomic mass is 10.1. The molecule has 0 atom stereocenters. The third-order valence-corrected chi connectivity index (χ3v) is 3.18. The van der Waals surface area contributed by atoms with Crippen molar-refractivity contribution in [3.8, 4) is 17.6 Å². The Hall–Kier alpha value is -1.58. The fraction of sp³-hybridized carbons (Fsp3) is 0.231. The number of ether oxygens (including phenoxy) is 2. The number of nitriles is 1. The van der Waals surface area contributed by atoms with Gasteiger partial charge in [-0.05, 0) is 30.7 Å². The number of halogens is 1. The van der Waals surface area contributed by atoms with Crippen LogP contribution in [-0.4, -0.2) is 18.7 Å². The van der Waals surface area contributed by atoms with Crippen LogP contribution in [0.1, 0.15) is 12.5 Å². The van der Waals surface area contributed by atoms with Crippen molar-refractivity contribution >= 4 is 39.2 Å². The lowest BCUT2D eigenvalue weighted by Crippen LogP contribution is -2.09. The molecule has 6 heteroatoms. The molecule has 0 saturated heterocycles. The number of methoxy groups -OCH3 is 1. The Morgan fingerprint density at radius 2 is 2.21 bits per heavy atom. The summed E-state index contributed by atoms with van der Waals surface area (Å²) < 4.78 is 11.5. The summed E-state index contributed by atoms with van der Waals surface area (Å²) in [6, 6.07) is 5.49. The molecule has 0 aliphatic rings. The van der Waals surface area contributed by atoms with Crippen LogP contribution in [0.25, 0.3) is 6.08 Å². The van der Waals surface area contributed by atoms with Crippen molar-refractivity contribution in [3.05, 3.63) is 27.7 Å². The van der Waals surface area contributed by atoms with Crippen molar-refractivity contribution in [1.82, 2.24) is 0 Å². The Labute approximate surface area is 125 Å². The summed E-state index contributed by atoms with van der Waals surface area (Å²) in [5, 5.41) is 8.96. The standard InChI is InChI=1S/C13H13BrN2O2S/c1-3-18-12-6-10(14)8(5-11(12)17-2)4-9(7-15)13(16)19/h4-6H,3H2,1-2H3,(H2,16,19). The topological polar surface area (TPSA) is 68.3 Å². The van der Waals surface area contributed by atoms with Crippen LogP contribution in [-0.2, 0) is 0 Å². The van der Waals surface area contributed by atoms with Gasteiger partial charge in [-0.25, -0.2) is 0 Å². The number of benzene rings is 1. The largest absolute Gasteiger partial charge is 0.493 e. The Morgan fingerprint density at radius 1 is 1.53 bits per heavy atom. The molecule has 1 aromatic carbocycles. The number of hydrogen-bond acceptors (Lipinski definition) is 4. The van der Waals surface area contributed by atoms with Crippen molar-refractivity contribution in [3.63, 3.8) is 0 Å². The maximum Gasteiger partial charge on any atom is 0.162 e. The van der Waals surface area contributed by atoms with Gasteiger partial charge in [-0.1, -0.05) is 28.1 Å². The highest BCUT2D eigenvalue weighted by atomic mass is 79.9. The van der Waals surface area contributed by atoms with Gasteiger partial charge in [0.25, 0.3) is 0 Å². The van der Waals surface area contributed by atoms with Crippen LogP contribution in [0.4, 0.5) is 0 Å². The van der Waals surface area contributed by atoms with E-state index in [1.807, 2.05) is 13.0 Å². The molecular formula is C13H13BrN2O2S. The van der Waals surface area contributed by atoms with Crippen molar-refractivity contribution in [1.29, 1.82) is 5.26 Å². The predicted octanol–water partition coefficient (Wildman–Crippen LogP) is 3.05. The first-order valence-electron chi connectivity index (χ1n) is 5.45. The number of hydrogen-bond donors (Lipinski definition) is 1. The van der Waals surface area contributed by atoms with Crippen molar-refractivity contribution in [2.75, 3.05) is 13.7 Å². The van der Waals surface area contributed by atoms with E-state index in [0.717, 1.165) is 10.0 Å². The number of nitrogens with zero attached hydrogens (tertiary/aromatic N) is 1. The zero-order valence-electron chi connectivity index (χ0n) is 10.6. The molecule has 1 rings (SSSR count). The average molecular weight is 341 g/mol. The average Bonchev–Trinajstić information content (AvgIpc) is 2.37. The minimum atomic E-state index is 0.0576. The van der Waals surface area contributed by atoms with Gasteiger partial charge < -0.3 is 15.2 Å². The second-order valence-corrected chi connectivity index (χ2v) is 4.79. The lowest BCUT2D eigenvalue weighted by molar-refractivity contribution is 0.310. The van der Waals surface area contributed by atoms with Gasteiger partial charge in [0, 0.05) is 4.47 Å². The smallest absolute Gasteiger partial charge is 0.162 e. The highest BCUT2D eigenvalue weighted by molar-refractivity contribution is 9.10. The van der Waals surface area contributed by atoms with Crippen molar-refractivity contribution in [2.45, 2.75) is 6.92 Å². The molecule has 0 aliphatic carbocycles. The van der Waals surface area contributed by atoms with Gasteiger partial charge in [-0.2, -0.15) is 5.26 Å². The molecule has 1 aromatic rings. The van der Waals surface area contributed by atoms with Crippen LogP contribution in [0.5, 0.6) is 11.5 Å². The van der Waals surface area contributed by atoms with Crippen LogP contribution < -0.4 is 15.2 Å². The van der Waals surface area contributed by atoms with E-state index in [2.05, 4.69) is 15.9 Å². The molecule has 0 unspecified atom stereocenters. The van der Waals surface area contributed by atoms with Crippen LogP contribution in [0, 0.1) is 11.3 Å². The second kappa shape index (κ2) is 7.12. The molecule has 0 aromatic heterocycles. The van der Waals surface area contributed by atoms with E-state index in [1.165, 1.54) is 0 Å². The van der Waals surface area contributed by atoms with E-state index in [1.54, 1.807) is 25.3 Å². The predicted molar refractivity (Wildman–Crippen MR) is 82.2 cm³/mol. The first kappa shape index (κ1) is 15.5. The summed E-state index contributed by atoms with van der Waals surface area (Å²) in [5.74, 6) is 1.21. The van der Waals surface area contributed by atoms with E-state index >= 15 is 0 Å². The first-order chi connectivity index (χ1) is 9.03. The molecule has 4 nitrogen and oxygen atoms in total. The van der Waals surface area contributed by atoms with E-state index in [-0.39, 0.29) is 10.6 Å². The third-order valence-electron chi connectivity index (χ3n) is 2.27. The van der Waals surface area contributed by atoms with E-state index in [0.29, 0.717) is 18.1 Å². The Bertz CT molecular complexity index is 564. The zero-order valence-corrected chi connectivity index (χ0v) is 13.0. The fourth-order valence-corrected chi connectivity index (χ4v) is 1.94. The Kier molecular flexibility index (Phi) is 5.80. The van der Waals surface area contributed by atoms with E-state index in [4.69, 9.17) is 32.7 Å². The minimum absolute atomic E-state index is 0.0576. The third kappa shape index (κ3) is 3.94. The molecule has 0 heterocycles. The summed E-state index contributed by atoms with van der Waals surface area (Å²) in [6.45, 7) is 2.43. The van der Waals surface area contributed by atoms with Gasteiger partial charge in [0.15, 0.2) is 11.5 Å². The summed E-state index contributed by atoms with van der Waals surface area (Å²) >= 11 is 8.22. The van der Waals surface area contributed by atoms with E-state index in [9.17, 15) is 0 Å². The number of thiocarbonyl (C=S) groups is 1. The number of rotatable bonds is 5. The molecule has 2 N–H and O–H groups in total. The van der Waals surface area contributed by atoms with Gasteiger partial charge in [0.2, 0.25) is 0 Å². The monoisotopic (exact) mass is 340 g/mol. The van der Waals surface area contributed by atoms with Gasteiger partial charge in [-0.15, -0.1) is 0 Å². The van der Waals surface area contributed by atoms with Crippen molar-refractivity contribution in [2.24, 2.45) is 5.73 Å². The molecular weight excluding hydrogens is 328 g/mol. The summed E-state index contributed by atoms with van der Waals surface area (Å²) in [5.41, 5.74) is 6.44. The second-order valence-electron chi connectivity index (χ2n) is 3.49. The molecule has 0 radical (unpaired) electrons. The normalized spacial score (nSPS) is 10.7. The maximum absolute atomic E-state index is 8.96. The number of nitrogens with two attached hydrogens (primary N) is 1. The van der Waals surface area contributed by atoms with Crippen molar-refractivity contribution < 1.29 is 9.47 Å². The highest BCUT2D eigenvalue weighted by Crippen LogP contribution is 2.34. The minimum Gasteiger partial charge on any atom is -0.493 e. The molecule has 0 fully saturated rings. The zero-order chi connectivity index (χ0) is 14.4. The van der Waals surface area contributed by atoms with Crippen LogP contribution in [0.2, 0.25) is 0 Å². The molecule has 0 spiro atoms. The molecule has 0 bridgehead atoms. The fourth-order valence-electron chi connectivity index (χ4n) is 1.40. The van der Waals surface area contributed by atoms with Gasteiger partial charge >= 0.3 is 0 Å². The Balaban J connectivity index is 3.31. The molecule has 0 aliphatic heterocycles. The first-order valence-corrected chi connectivity index (χ1v) is 6.65.